The van der Waals surface area contributed by atoms with Crippen LogP contribution in [0.1, 0.15) is 43.5 Å². The van der Waals surface area contributed by atoms with E-state index in [2.05, 4.69) is 36.4 Å². The first-order valence-electron chi connectivity index (χ1n) is 7.16. The van der Waals surface area contributed by atoms with E-state index in [0.29, 0.717) is 6.04 Å². The summed E-state index contributed by atoms with van der Waals surface area (Å²) in [6.45, 7) is 4.37. The van der Waals surface area contributed by atoms with Gasteiger partial charge in [0, 0.05) is 17.5 Å². The third-order valence-electron chi connectivity index (χ3n) is 4.51. The lowest BCUT2D eigenvalue weighted by atomic mass is 9.79. The second-order valence-corrected chi connectivity index (χ2v) is 6.65. The van der Waals surface area contributed by atoms with Crippen molar-refractivity contribution in [2.45, 2.75) is 38.6 Å². The van der Waals surface area contributed by atoms with E-state index >= 15 is 0 Å². The van der Waals surface area contributed by atoms with Crippen molar-refractivity contribution >= 4 is 11.3 Å². The molecule has 0 radical (unpaired) electrons. The van der Waals surface area contributed by atoms with Gasteiger partial charge < -0.3 is 5.73 Å². The van der Waals surface area contributed by atoms with Crippen molar-refractivity contribution in [3.8, 4) is 0 Å². The van der Waals surface area contributed by atoms with Gasteiger partial charge in [-0.05, 0) is 56.6 Å². The Labute approximate surface area is 115 Å². The van der Waals surface area contributed by atoms with E-state index in [1.54, 1.807) is 0 Å². The Hall–Kier alpha value is -0.380. The molecule has 0 spiro atoms. The molecule has 1 aromatic rings. The fourth-order valence-electron chi connectivity index (χ4n) is 3.11. The fourth-order valence-corrected chi connectivity index (χ4v) is 3.96. The van der Waals surface area contributed by atoms with Gasteiger partial charge in [0.2, 0.25) is 0 Å². The zero-order valence-electron chi connectivity index (χ0n) is 11.6. The molecule has 1 saturated carbocycles. The topological polar surface area (TPSA) is 29.3 Å². The van der Waals surface area contributed by atoms with Gasteiger partial charge in [0.05, 0.1) is 0 Å². The first kappa shape index (κ1) is 14.0. The van der Waals surface area contributed by atoms with E-state index in [0.717, 1.165) is 18.4 Å². The smallest absolute Gasteiger partial charge is 0.0410 e. The van der Waals surface area contributed by atoms with Crippen molar-refractivity contribution in [1.82, 2.24) is 4.90 Å². The first-order valence-corrected chi connectivity index (χ1v) is 8.04. The number of thiophene rings is 1. The van der Waals surface area contributed by atoms with Crippen LogP contribution in [0.4, 0.5) is 0 Å². The summed E-state index contributed by atoms with van der Waals surface area (Å²) in [6.07, 6.45) is 5.47. The molecule has 102 valence electrons. The second kappa shape index (κ2) is 6.69. The van der Waals surface area contributed by atoms with Crippen LogP contribution < -0.4 is 5.73 Å². The predicted molar refractivity (Wildman–Crippen MR) is 79.9 cm³/mol. The first-order chi connectivity index (χ1) is 8.72. The van der Waals surface area contributed by atoms with Gasteiger partial charge in [-0.1, -0.05) is 18.9 Å². The molecule has 2 nitrogen and oxygen atoms in total. The molecule has 1 heterocycles. The summed E-state index contributed by atoms with van der Waals surface area (Å²) in [6, 6.07) is 4.92. The highest BCUT2D eigenvalue weighted by Gasteiger charge is 2.26. The molecule has 0 bridgehead atoms. The lowest BCUT2D eigenvalue weighted by Crippen LogP contribution is -2.36. The molecule has 1 aliphatic carbocycles. The summed E-state index contributed by atoms with van der Waals surface area (Å²) in [5.41, 5.74) is 5.92. The van der Waals surface area contributed by atoms with Crippen molar-refractivity contribution in [2.24, 2.45) is 17.6 Å². The van der Waals surface area contributed by atoms with E-state index in [1.807, 2.05) is 11.3 Å². The van der Waals surface area contributed by atoms with Crippen LogP contribution >= 0.6 is 11.3 Å². The third-order valence-corrected chi connectivity index (χ3v) is 5.55. The van der Waals surface area contributed by atoms with Crippen molar-refractivity contribution in [1.29, 1.82) is 0 Å². The molecular formula is C15H26N2S. The summed E-state index contributed by atoms with van der Waals surface area (Å²) >= 11 is 1.86. The zero-order valence-corrected chi connectivity index (χ0v) is 12.5. The van der Waals surface area contributed by atoms with Gasteiger partial charge in [0.1, 0.15) is 0 Å². The van der Waals surface area contributed by atoms with E-state index in [-0.39, 0.29) is 0 Å². The van der Waals surface area contributed by atoms with Gasteiger partial charge in [0.15, 0.2) is 0 Å². The molecule has 1 aromatic heterocycles. The number of hydrogen-bond donors (Lipinski definition) is 1. The average Bonchev–Trinajstić information content (AvgIpc) is 2.92. The predicted octanol–water partition coefficient (Wildman–Crippen LogP) is 3.51. The Bertz CT molecular complexity index is 336. The normalized spacial score (nSPS) is 26.4. The SMILES string of the molecule is CC(c1cccs1)N(C)CC1CCCCC1CN. The van der Waals surface area contributed by atoms with Gasteiger partial charge >= 0.3 is 0 Å². The van der Waals surface area contributed by atoms with Crippen LogP contribution in [0.5, 0.6) is 0 Å². The van der Waals surface area contributed by atoms with Crippen molar-refractivity contribution in [3.05, 3.63) is 22.4 Å². The number of nitrogens with zero attached hydrogens (tertiary/aromatic N) is 1. The molecule has 1 fully saturated rings. The molecule has 3 unspecified atom stereocenters. The van der Waals surface area contributed by atoms with Gasteiger partial charge in [0.25, 0.3) is 0 Å². The van der Waals surface area contributed by atoms with Crippen LogP contribution in [0.15, 0.2) is 17.5 Å². The fraction of sp³-hybridized carbons (Fsp3) is 0.733. The van der Waals surface area contributed by atoms with Gasteiger partial charge in [-0.25, -0.2) is 0 Å². The highest BCUT2D eigenvalue weighted by atomic mass is 32.1. The number of rotatable bonds is 5. The van der Waals surface area contributed by atoms with Gasteiger partial charge in [-0.2, -0.15) is 0 Å². The van der Waals surface area contributed by atoms with Crippen LogP contribution in [0.25, 0.3) is 0 Å². The molecule has 0 amide bonds. The van der Waals surface area contributed by atoms with Crippen LogP contribution in [-0.2, 0) is 0 Å². The molecule has 3 atom stereocenters. The standard InChI is InChI=1S/C15H26N2S/c1-12(15-8-5-9-18-15)17(2)11-14-7-4-3-6-13(14)10-16/h5,8-9,12-14H,3-4,6-7,10-11,16H2,1-2H3. The molecule has 0 aliphatic heterocycles. The summed E-state index contributed by atoms with van der Waals surface area (Å²) in [5, 5.41) is 2.17. The highest BCUT2D eigenvalue weighted by molar-refractivity contribution is 7.10. The summed E-state index contributed by atoms with van der Waals surface area (Å²) in [5.74, 6) is 1.55. The van der Waals surface area contributed by atoms with Crippen LogP contribution in [-0.4, -0.2) is 25.0 Å². The minimum Gasteiger partial charge on any atom is -0.330 e. The molecule has 2 N–H and O–H groups in total. The lowest BCUT2D eigenvalue weighted by molar-refractivity contribution is 0.149. The van der Waals surface area contributed by atoms with Crippen LogP contribution in [0, 0.1) is 11.8 Å². The second-order valence-electron chi connectivity index (χ2n) is 5.67. The molecule has 0 saturated heterocycles. The Morgan fingerprint density at radius 3 is 2.72 bits per heavy atom. The maximum absolute atomic E-state index is 5.92. The average molecular weight is 266 g/mol. The molecule has 1 aliphatic rings. The quantitative estimate of drug-likeness (QED) is 0.883. The minimum absolute atomic E-state index is 0.533. The molecule has 18 heavy (non-hydrogen) atoms. The summed E-state index contributed by atoms with van der Waals surface area (Å²) in [7, 11) is 2.26. The lowest BCUT2D eigenvalue weighted by Gasteiger charge is -2.35. The van der Waals surface area contributed by atoms with Crippen molar-refractivity contribution < 1.29 is 0 Å². The Morgan fingerprint density at radius 2 is 2.11 bits per heavy atom. The Balaban J connectivity index is 1.91. The van der Waals surface area contributed by atoms with Crippen LogP contribution in [0.3, 0.4) is 0 Å². The number of hydrogen-bond acceptors (Lipinski definition) is 3. The highest BCUT2D eigenvalue weighted by Crippen LogP contribution is 2.32. The molecule has 0 aromatic carbocycles. The van der Waals surface area contributed by atoms with E-state index in [4.69, 9.17) is 5.73 Å². The number of nitrogens with two attached hydrogens (primary N) is 1. The molecular weight excluding hydrogens is 240 g/mol. The third kappa shape index (κ3) is 3.34. The van der Waals surface area contributed by atoms with Gasteiger partial charge in [-0.15, -0.1) is 11.3 Å². The monoisotopic (exact) mass is 266 g/mol. The largest absolute Gasteiger partial charge is 0.330 e. The van der Waals surface area contributed by atoms with E-state index in [9.17, 15) is 0 Å². The van der Waals surface area contributed by atoms with E-state index in [1.165, 1.54) is 37.1 Å². The van der Waals surface area contributed by atoms with Gasteiger partial charge in [-0.3, -0.25) is 4.90 Å². The van der Waals surface area contributed by atoms with Crippen molar-refractivity contribution in [2.75, 3.05) is 20.1 Å². The zero-order chi connectivity index (χ0) is 13.0. The van der Waals surface area contributed by atoms with E-state index < -0.39 is 0 Å². The summed E-state index contributed by atoms with van der Waals surface area (Å²) < 4.78 is 0. The molecule has 3 heteroatoms. The summed E-state index contributed by atoms with van der Waals surface area (Å²) in [4.78, 5) is 3.97. The maximum atomic E-state index is 5.92. The Morgan fingerprint density at radius 1 is 1.39 bits per heavy atom. The minimum atomic E-state index is 0.533. The molecule has 2 rings (SSSR count). The van der Waals surface area contributed by atoms with Crippen molar-refractivity contribution in [3.63, 3.8) is 0 Å². The Kier molecular flexibility index (Phi) is 5.22. The maximum Gasteiger partial charge on any atom is 0.0410 e. The van der Waals surface area contributed by atoms with Crippen LogP contribution in [0.2, 0.25) is 0 Å².